The summed E-state index contributed by atoms with van der Waals surface area (Å²) in [4.78, 5) is 10.3. The Labute approximate surface area is 79.7 Å². The molecular formula is C6H10N4O2S. The summed E-state index contributed by atoms with van der Waals surface area (Å²) in [5.74, 6) is -0.476. The minimum absolute atomic E-state index is 0.0643. The predicted octanol–water partition coefficient (Wildman–Crippen LogP) is -0.557. The summed E-state index contributed by atoms with van der Waals surface area (Å²) in [5, 5.41) is 6.32. The summed E-state index contributed by atoms with van der Waals surface area (Å²) in [7, 11) is 0. The van der Waals surface area contributed by atoms with Gasteiger partial charge < -0.3 is 15.0 Å². The molecule has 1 aromatic rings. The van der Waals surface area contributed by atoms with Crippen molar-refractivity contribution in [3.8, 4) is 0 Å². The molecule has 3 N–H and O–H groups in total. The van der Waals surface area contributed by atoms with E-state index in [-0.39, 0.29) is 6.61 Å². The van der Waals surface area contributed by atoms with Crippen LogP contribution in [-0.4, -0.2) is 33.9 Å². The Balaban J connectivity index is 2.24. The Bertz CT molecular complexity index is 331. The molecule has 1 aromatic heterocycles. The van der Waals surface area contributed by atoms with E-state index in [1.807, 2.05) is 0 Å². The van der Waals surface area contributed by atoms with Crippen molar-refractivity contribution < 1.29 is 9.53 Å². The van der Waals surface area contributed by atoms with Gasteiger partial charge in [0.05, 0.1) is 6.61 Å². The number of hydrogen-bond acceptors (Lipinski definition) is 4. The summed E-state index contributed by atoms with van der Waals surface area (Å²) in [6, 6.07) is 0. The van der Waals surface area contributed by atoms with Crippen molar-refractivity contribution in [2.75, 3.05) is 13.2 Å². The van der Waals surface area contributed by atoms with Crippen LogP contribution in [0.25, 0.3) is 0 Å². The lowest BCUT2D eigenvalue weighted by atomic mass is 10.6. The molecule has 0 saturated carbocycles. The van der Waals surface area contributed by atoms with Crippen LogP contribution in [0.5, 0.6) is 0 Å². The van der Waals surface area contributed by atoms with Crippen LogP contribution in [0.1, 0.15) is 0 Å². The fraction of sp³-hybridized carbons (Fsp3) is 0.500. The number of ether oxygens (including phenoxy) is 1. The third kappa shape index (κ3) is 3.34. The smallest absolute Gasteiger partial charge is 0.243 e. The fourth-order valence-corrected chi connectivity index (χ4v) is 0.957. The first-order valence-corrected chi connectivity index (χ1v) is 4.07. The topological polar surface area (TPSA) is 85.9 Å². The standard InChI is InChI=1S/C6H10N4O2S/c7-5(11)3-12-2-1-10-4-8-9-6(10)13/h4H,1-3H2,(H2,7,11)(H,9,13). The van der Waals surface area contributed by atoms with Crippen LogP contribution in [-0.2, 0) is 16.1 Å². The molecule has 72 valence electrons. The maximum absolute atomic E-state index is 10.3. The lowest BCUT2D eigenvalue weighted by Crippen LogP contribution is -2.19. The largest absolute Gasteiger partial charge is 0.370 e. The monoisotopic (exact) mass is 202 g/mol. The van der Waals surface area contributed by atoms with Crippen LogP contribution in [0.15, 0.2) is 6.33 Å². The molecule has 0 aliphatic heterocycles. The number of rotatable bonds is 5. The minimum Gasteiger partial charge on any atom is -0.370 e. The highest BCUT2D eigenvalue weighted by Crippen LogP contribution is 1.87. The van der Waals surface area contributed by atoms with Crippen molar-refractivity contribution in [2.24, 2.45) is 5.73 Å². The molecule has 0 aliphatic carbocycles. The van der Waals surface area contributed by atoms with Crippen molar-refractivity contribution in [3.63, 3.8) is 0 Å². The summed E-state index contributed by atoms with van der Waals surface area (Å²) in [6.45, 7) is 0.880. The predicted molar refractivity (Wildman–Crippen MR) is 47.4 cm³/mol. The summed E-state index contributed by atoms with van der Waals surface area (Å²) in [5.41, 5.74) is 4.87. The molecule has 0 atom stereocenters. The van der Waals surface area contributed by atoms with E-state index in [1.54, 1.807) is 10.9 Å². The number of aromatic nitrogens is 3. The van der Waals surface area contributed by atoms with Gasteiger partial charge in [-0.2, -0.15) is 5.10 Å². The molecule has 1 heterocycles. The first-order chi connectivity index (χ1) is 6.20. The lowest BCUT2D eigenvalue weighted by Gasteiger charge is -2.01. The Morgan fingerprint density at radius 3 is 3.15 bits per heavy atom. The average molecular weight is 202 g/mol. The van der Waals surface area contributed by atoms with E-state index in [9.17, 15) is 4.79 Å². The van der Waals surface area contributed by atoms with E-state index in [0.29, 0.717) is 17.9 Å². The Morgan fingerprint density at radius 2 is 2.62 bits per heavy atom. The van der Waals surface area contributed by atoms with Gasteiger partial charge in [0.15, 0.2) is 4.77 Å². The third-order valence-electron chi connectivity index (χ3n) is 1.34. The first-order valence-electron chi connectivity index (χ1n) is 3.66. The number of nitrogens with two attached hydrogens (primary N) is 1. The van der Waals surface area contributed by atoms with Gasteiger partial charge in [0.1, 0.15) is 12.9 Å². The molecule has 0 spiro atoms. The number of amides is 1. The molecule has 0 saturated heterocycles. The molecule has 0 aliphatic rings. The van der Waals surface area contributed by atoms with Crippen LogP contribution in [0.3, 0.4) is 0 Å². The molecular weight excluding hydrogens is 192 g/mol. The van der Waals surface area contributed by atoms with Crippen LogP contribution in [0.2, 0.25) is 0 Å². The van der Waals surface area contributed by atoms with E-state index < -0.39 is 5.91 Å². The number of hydrogen-bond donors (Lipinski definition) is 2. The van der Waals surface area contributed by atoms with E-state index in [2.05, 4.69) is 10.2 Å². The molecule has 6 nitrogen and oxygen atoms in total. The second-order valence-corrected chi connectivity index (χ2v) is 2.76. The molecule has 13 heavy (non-hydrogen) atoms. The summed E-state index contributed by atoms with van der Waals surface area (Å²) in [6.07, 6.45) is 1.57. The lowest BCUT2D eigenvalue weighted by molar-refractivity contribution is -0.122. The molecule has 0 bridgehead atoms. The third-order valence-corrected chi connectivity index (χ3v) is 1.66. The van der Waals surface area contributed by atoms with E-state index in [1.165, 1.54) is 0 Å². The fourth-order valence-electron chi connectivity index (χ4n) is 0.765. The van der Waals surface area contributed by atoms with Gasteiger partial charge in [0, 0.05) is 6.54 Å². The maximum Gasteiger partial charge on any atom is 0.243 e. The van der Waals surface area contributed by atoms with Gasteiger partial charge in [0.25, 0.3) is 0 Å². The molecule has 0 radical (unpaired) electrons. The van der Waals surface area contributed by atoms with Gasteiger partial charge in [-0.25, -0.2) is 0 Å². The van der Waals surface area contributed by atoms with Crippen LogP contribution >= 0.6 is 12.2 Å². The van der Waals surface area contributed by atoms with Crippen LogP contribution < -0.4 is 5.73 Å². The number of nitrogens with zero attached hydrogens (tertiary/aromatic N) is 2. The quantitative estimate of drug-likeness (QED) is 0.495. The molecule has 1 amide bonds. The van der Waals surface area contributed by atoms with Crippen molar-refractivity contribution in [1.82, 2.24) is 14.8 Å². The van der Waals surface area contributed by atoms with Gasteiger partial charge in [-0.3, -0.25) is 9.89 Å². The zero-order valence-corrected chi connectivity index (χ0v) is 7.71. The van der Waals surface area contributed by atoms with Crippen molar-refractivity contribution in [1.29, 1.82) is 0 Å². The highest BCUT2D eigenvalue weighted by molar-refractivity contribution is 7.71. The van der Waals surface area contributed by atoms with E-state index in [4.69, 9.17) is 22.7 Å². The maximum atomic E-state index is 10.3. The number of H-pyrrole nitrogens is 1. The van der Waals surface area contributed by atoms with Gasteiger partial charge in [-0.15, -0.1) is 0 Å². The van der Waals surface area contributed by atoms with E-state index in [0.717, 1.165) is 0 Å². The zero-order valence-electron chi connectivity index (χ0n) is 6.90. The molecule has 0 fully saturated rings. The number of carbonyl (C=O) groups excluding carboxylic acids is 1. The first kappa shape index (κ1) is 9.87. The minimum atomic E-state index is -0.476. The highest BCUT2D eigenvalue weighted by atomic mass is 32.1. The highest BCUT2D eigenvalue weighted by Gasteiger charge is 1.95. The van der Waals surface area contributed by atoms with Gasteiger partial charge in [-0.05, 0) is 12.2 Å². The number of nitrogens with one attached hydrogen (secondary N) is 1. The van der Waals surface area contributed by atoms with Gasteiger partial charge in [-0.1, -0.05) is 0 Å². The molecule has 0 aromatic carbocycles. The van der Waals surface area contributed by atoms with Gasteiger partial charge in [0.2, 0.25) is 5.91 Å². The number of primary amides is 1. The van der Waals surface area contributed by atoms with Gasteiger partial charge >= 0.3 is 0 Å². The number of carbonyl (C=O) groups is 1. The van der Waals surface area contributed by atoms with Crippen molar-refractivity contribution in [3.05, 3.63) is 11.1 Å². The Morgan fingerprint density at radius 1 is 1.85 bits per heavy atom. The molecule has 7 heteroatoms. The van der Waals surface area contributed by atoms with E-state index >= 15 is 0 Å². The summed E-state index contributed by atoms with van der Waals surface area (Å²) < 4.78 is 7.17. The normalized spacial score (nSPS) is 10.2. The van der Waals surface area contributed by atoms with Crippen molar-refractivity contribution >= 4 is 18.1 Å². The average Bonchev–Trinajstić information content (AvgIpc) is 2.45. The molecule has 1 rings (SSSR count). The number of aromatic amines is 1. The van der Waals surface area contributed by atoms with Crippen LogP contribution in [0, 0.1) is 4.77 Å². The second-order valence-electron chi connectivity index (χ2n) is 2.37. The zero-order chi connectivity index (χ0) is 9.68. The van der Waals surface area contributed by atoms with Crippen molar-refractivity contribution in [2.45, 2.75) is 6.54 Å². The van der Waals surface area contributed by atoms with Crippen LogP contribution in [0.4, 0.5) is 0 Å². The SMILES string of the molecule is NC(=O)COCCn1cn[nH]c1=S. The Hall–Kier alpha value is -1.21. The summed E-state index contributed by atoms with van der Waals surface area (Å²) >= 11 is 4.88. The molecule has 0 unspecified atom stereocenters. The Kier molecular flexibility index (Phi) is 3.59. The second kappa shape index (κ2) is 4.73.